The fourth-order valence-corrected chi connectivity index (χ4v) is 5.37. The quantitative estimate of drug-likeness (QED) is 0.566. The molecule has 3 aromatic rings. The number of furan rings is 1. The lowest BCUT2D eigenvalue weighted by atomic mass is 10.1. The molecule has 154 valence electrons. The SMILES string of the molecule is O=S(=O)(c1cccc2ccccc12)N(CCCN1CCOCC1)Cc1ccco1. The summed E-state index contributed by atoms with van der Waals surface area (Å²) in [5.41, 5.74) is 0. The van der Waals surface area contributed by atoms with Crippen LogP contribution in [0.25, 0.3) is 10.8 Å². The van der Waals surface area contributed by atoms with E-state index < -0.39 is 10.0 Å². The monoisotopic (exact) mass is 414 g/mol. The number of sulfonamides is 1. The van der Waals surface area contributed by atoms with Crippen LogP contribution in [0.4, 0.5) is 0 Å². The van der Waals surface area contributed by atoms with E-state index in [2.05, 4.69) is 4.90 Å². The molecule has 6 nitrogen and oxygen atoms in total. The van der Waals surface area contributed by atoms with Crippen LogP contribution < -0.4 is 0 Å². The van der Waals surface area contributed by atoms with Crippen LogP contribution in [-0.2, 0) is 21.3 Å². The summed E-state index contributed by atoms with van der Waals surface area (Å²) in [4.78, 5) is 2.66. The van der Waals surface area contributed by atoms with Crippen molar-refractivity contribution in [3.05, 3.63) is 66.6 Å². The number of rotatable bonds is 8. The lowest BCUT2D eigenvalue weighted by Gasteiger charge is -2.28. The number of benzene rings is 2. The average molecular weight is 415 g/mol. The molecule has 0 N–H and O–H groups in total. The van der Waals surface area contributed by atoms with Gasteiger partial charge in [0.25, 0.3) is 0 Å². The van der Waals surface area contributed by atoms with Crippen molar-refractivity contribution in [3.8, 4) is 0 Å². The summed E-state index contributed by atoms with van der Waals surface area (Å²) in [5, 5.41) is 1.66. The van der Waals surface area contributed by atoms with E-state index in [0.717, 1.165) is 50.0 Å². The van der Waals surface area contributed by atoms with Gasteiger partial charge in [-0.2, -0.15) is 4.31 Å². The van der Waals surface area contributed by atoms with Crippen molar-refractivity contribution < 1.29 is 17.6 Å². The van der Waals surface area contributed by atoms with Gasteiger partial charge in [-0.1, -0.05) is 36.4 Å². The highest BCUT2D eigenvalue weighted by molar-refractivity contribution is 7.89. The topological polar surface area (TPSA) is 63.0 Å². The van der Waals surface area contributed by atoms with Gasteiger partial charge < -0.3 is 9.15 Å². The zero-order valence-corrected chi connectivity index (χ0v) is 17.2. The van der Waals surface area contributed by atoms with Crippen molar-refractivity contribution in [3.63, 3.8) is 0 Å². The molecule has 0 saturated carbocycles. The molecule has 1 saturated heterocycles. The van der Waals surface area contributed by atoms with Crippen LogP contribution in [0.1, 0.15) is 12.2 Å². The number of morpholine rings is 1. The molecule has 2 heterocycles. The number of hydrogen-bond acceptors (Lipinski definition) is 5. The third-order valence-electron chi connectivity index (χ3n) is 5.27. The second-order valence-electron chi connectivity index (χ2n) is 7.20. The Kier molecular flexibility index (Phi) is 6.30. The van der Waals surface area contributed by atoms with Crippen molar-refractivity contribution in [1.29, 1.82) is 0 Å². The van der Waals surface area contributed by atoms with Crippen molar-refractivity contribution in [2.75, 3.05) is 39.4 Å². The predicted octanol–water partition coefficient (Wildman–Crippen LogP) is 3.35. The minimum atomic E-state index is -3.68. The molecule has 2 aromatic carbocycles. The first-order valence-corrected chi connectivity index (χ1v) is 11.4. The van der Waals surface area contributed by atoms with Crippen molar-refractivity contribution in [2.45, 2.75) is 17.9 Å². The van der Waals surface area contributed by atoms with Gasteiger partial charge in [0.05, 0.1) is 30.9 Å². The molecule has 1 aliphatic heterocycles. The zero-order chi connectivity index (χ0) is 20.1. The summed E-state index contributed by atoms with van der Waals surface area (Å²) in [6.07, 6.45) is 2.33. The Morgan fingerprint density at radius 3 is 2.55 bits per heavy atom. The number of ether oxygens (including phenoxy) is 1. The standard InChI is InChI=1S/C22H26N2O4S/c25-29(26,22-10-3-7-19-6-1-2-9-21(19)22)24(18-20-8-4-15-28-20)12-5-11-23-13-16-27-17-14-23/h1-4,6-10,15H,5,11-14,16-18H2. The van der Waals surface area contributed by atoms with Gasteiger partial charge in [0, 0.05) is 25.0 Å². The third kappa shape index (κ3) is 4.70. The largest absolute Gasteiger partial charge is 0.468 e. The Labute approximate surface area is 171 Å². The Morgan fingerprint density at radius 1 is 0.966 bits per heavy atom. The van der Waals surface area contributed by atoms with Crippen molar-refractivity contribution in [2.24, 2.45) is 0 Å². The lowest BCUT2D eigenvalue weighted by Crippen LogP contribution is -2.39. The van der Waals surface area contributed by atoms with Gasteiger partial charge in [0.15, 0.2) is 0 Å². The first kappa shape index (κ1) is 20.1. The second kappa shape index (κ2) is 9.09. The van der Waals surface area contributed by atoms with Crippen LogP contribution in [-0.4, -0.2) is 57.0 Å². The second-order valence-corrected chi connectivity index (χ2v) is 9.11. The minimum Gasteiger partial charge on any atom is -0.468 e. The zero-order valence-electron chi connectivity index (χ0n) is 16.4. The first-order chi connectivity index (χ1) is 14.1. The summed E-state index contributed by atoms with van der Waals surface area (Å²) in [6, 6.07) is 16.6. The smallest absolute Gasteiger partial charge is 0.244 e. The van der Waals surface area contributed by atoms with E-state index in [1.807, 2.05) is 36.4 Å². The Morgan fingerprint density at radius 2 is 1.76 bits per heavy atom. The average Bonchev–Trinajstić information content (AvgIpc) is 3.26. The molecule has 0 amide bonds. The van der Waals surface area contributed by atoms with Crippen LogP contribution in [0.3, 0.4) is 0 Å². The molecule has 0 unspecified atom stereocenters. The Hall–Kier alpha value is -2.19. The fraction of sp³-hybridized carbons (Fsp3) is 0.364. The molecule has 29 heavy (non-hydrogen) atoms. The van der Waals surface area contributed by atoms with Gasteiger partial charge in [-0.25, -0.2) is 8.42 Å². The summed E-state index contributed by atoms with van der Waals surface area (Å²) < 4.78 is 39.6. The molecule has 0 spiro atoms. The maximum atomic E-state index is 13.6. The van der Waals surface area contributed by atoms with E-state index >= 15 is 0 Å². The van der Waals surface area contributed by atoms with Crippen molar-refractivity contribution in [1.82, 2.24) is 9.21 Å². The van der Waals surface area contributed by atoms with Gasteiger partial charge in [-0.15, -0.1) is 0 Å². The maximum Gasteiger partial charge on any atom is 0.244 e. The van der Waals surface area contributed by atoms with Gasteiger partial charge in [0.1, 0.15) is 5.76 Å². The highest BCUT2D eigenvalue weighted by atomic mass is 32.2. The Balaban J connectivity index is 1.58. The maximum absolute atomic E-state index is 13.6. The minimum absolute atomic E-state index is 0.224. The van der Waals surface area contributed by atoms with E-state index in [9.17, 15) is 8.42 Å². The molecule has 1 aromatic heterocycles. The summed E-state index contributed by atoms with van der Waals surface area (Å²) in [5.74, 6) is 0.639. The van der Waals surface area contributed by atoms with E-state index in [-0.39, 0.29) is 6.54 Å². The normalized spacial score (nSPS) is 15.9. The molecular formula is C22H26N2O4S. The molecule has 0 aliphatic carbocycles. The predicted molar refractivity (Wildman–Crippen MR) is 112 cm³/mol. The van der Waals surface area contributed by atoms with Crippen LogP contribution in [0.15, 0.2) is 70.2 Å². The molecule has 1 fully saturated rings. The third-order valence-corrected chi connectivity index (χ3v) is 7.17. The molecule has 0 atom stereocenters. The van der Waals surface area contributed by atoms with E-state index in [1.165, 1.54) is 4.31 Å². The molecule has 0 radical (unpaired) electrons. The Bertz CT molecular complexity index is 1020. The highest BCUT2D eigenvalue weighted by Gasteiger charge is 2.27. The fourth-order valence-electron chi connectivity index (χ4n) is 3.72. The van der Waals surface area contributed by atoms with Crippen molar-refractivity contribution >= 4 is 20.8 Å². The van der Waals surface area contributed by atoms with E-state index in [4.69, 9.17) is 9.15 Å². The van der Waals surface area contributed by atoms with E-state index in [0.29, 0.717) is 17.2 Å². The molecule has 0 bridgehead atoms. The van der Waals surface area contributed by atoms with Gasteiger partial charge in [-0.3, -0.25) is 4.90 Å². The highest BCUT2D eigenvalue weighted by Crippen LogP contribution is 2.27. The molecule has 1 aliphatic rings. The number of fused-ring (bicyclic) bond motifs is 1. The lowest BCUT2D eigenvalue weighted by molar-refractivity contribution is 0.0368. The summed E-state index contributed by atoms with van der Waals surface area (Å²) in [6.45, 7) is 4.78. The molecular weight excluding hydrogens is 388 g/mol. The first-order valence-electron chi connectivity index (χ1n) is 9.95. The van der Waals surface area contributed by atoms with Crippen LogP contribution >= 0.6 is 0 Å². The number of hydrogen-bond donors (Lipinski definition) is 0. The summed E-state index contributed by atoms with van der Waals surface area (Å²) >= 11 is 0. The van der Waals surface area contributed by atoms with Crippen LogP contribution in [0.2, 0.25) is 0 Å². The van der Waals surface area contributed by atoms with Gasteiger partial charge >= 0.3 is 0 Å². The summed E-state index contributed by atoms with van der Waals surface area (Å²) in [7, 11) is -3.68. The molecule has 7 heteroatoms. The van der Waals surface area contributed by atoms with Crippen LogP contribution in [0, 0.1) is 0 Å². The molecule has 4 rings (SSSR count). The van der Waals surface area contributed by atoms with Gasteiger partial charge in [0.2, 0.25) is 10.0 Å². The van der Waals surface area contributed by atoms with Crippen LogP contribution in [0.5, 0.6) is 0 Å². The number of nitrogens with zero attached hydrogens (tertiary/aromatic N) is 2. The van der Waals surface area contributed by atoms with E-state index in [1.54, 1.807) is 24.5 Å². The van der Waals surface area contributed by atoms with Gasteiger partial charge in [-0.05, 0) is 36.6 Å².